The minimum absolute atomic E-state index is 0.0833. The van der Waals surface area contributed by atoms with Gasteiger partial charge in [-0.15, -0.1) is 0 Å². The van der Waals surface area contributed by atoms with Gasteiger partial charge in [-0.3, -0.25) is 0 Å². The second-order valence-corrected chi connectivity index (χ2v) is 10.2. The Balaban J connectivity index is 1.50. The molecule has 1 nitrogen and oxygen atoms in total. The fraction of sp³-hybridized carbons (Fsp3) is 0.394. The van der Waals surface area contributed by atoms with Crippen LogP contribution in [0, 0.1) is 29.2 Å². The monoisotopic (exact) mass is 524 g/mol. The summed E-state index contributed by atoms with van der Waals surface area (Å²) in [6.45, 7) is 4.60. The van der Waals surface area contributed by atoms with Gasteiger partial charge in [-0.05, 0) is 60.4 Å². The Labute approximate surface area is 223 Å². The molecule has 0 N–H and O–H groups in total. The van der Waals surface area contributed by atoms with Gasteiger partial charge in [-0.25, -0.2) is 13.2 Å². The highest BCUT2D eigenvalue weighted by Crippen LogP contribution is 2.37. The van der Waals surface area contributed by atoms with Crippen molar-refractivity contribution in [2.45, 2.75) is 71.6 Å². The quantitative estimate of drug-likeness (QED) is 0.179. The van der Waals surface area contributed by atoms with Crippen LogP contribution in [0.3, 0.4) is 0 Å². The maximum absolute atomic E-state index is 15.1. The zero-order chi connectivity index (χ0) is 27.1. The summed E-state index contributed by atoms with van der Waals surface area (Å²) in [5, 5.41) is 0. The topological polar surface area (TPSA) is 9.23 Å². The van der Waals surface area contributed by atoms with Gasteiger partial charge in [0.25, 0.3) is 0 Å². The van der Waals surface area contributed by atoms with Crippen LogP contribution < -0.4 is 4.74 Å². The molecule has 5 heteroatoms. The second kappa shape index (κ2) is 13.1. The molecule has 0 spiro atoms. The van der Waals surface area contributed by atoms with Crippen LogP contribution in [-0.4, -0.2) is 6.61 Å². The number of benzene rings is 3. The normalized spacial score (nSPS) is 15.4. The van der Waals surface area contributed by atoms with Crippen LogP contribution in [0.1, 0.15) is 77.2 Å². The van der Waals surface area contributed by atoms with E-state index in [2.05, 4.69) is 13.8 Å². The van der Waals surface area contributed by atoms with Crippen LogP contribution in [0.2, 0.25) is 0 Å². The van der Waals surface area contributed by atoms with Gasteiger partial charge in [0, 0.05) is 16.7 Å². The van der Waals surface area contributed by atoms with Gasteiger partial charge in [0.05, 0.1) is 6.61 Å². The predicted octanol–water partition coefficient (Wildman–Crippen LogP) is 10.5. The Hall–Kier alpha value is -3.08. The first-order valence-corrected chi connectivity index (χ1v) is 13.8. The molecule has 1 unspecified atom stereocenters. The molecule has 0 amide bonds. The fourth-order valence-corrected chi connectivity index (χ4v) is 5.23. The van der Waals surface area contributed by atoms with Crippen molar-refractivity contribution >= 4 is 5.57 Å². The molecule has 0 heterocycles. The van der Waals surface area contributed by atoms with Gasteiger partial charge in [-0.1, -0.05) is 88.4 Å². The van der Waals surface area contributed by atoms with Crippen LogP contribution in [0.5, 0.6) is 5.75 Å². The summed E-state index contributed by atoms with van der Waals surface area (Å²) >= 11 is 0. The average Bonchev–Trinajstić information content (AvgIpc) is 2.93. The molecule has 0 aromatic heterocycles. The lowest BCUT2D eigenvalue weighted by molar-refractivity contribution is 0.285. The van der Waals surface area contributed by atoms with E-state index in [9.17, 15) is 8.78 Å². The van der Waals surface area contributed by atoms with E-state index in [-0.39, 0.29) is 16.9 Å². The maximum atomic E-state index is 15.1. The Kier molecular flexibility index (Phi) is 9.65. The number of allylic oxidation sites excluding steroid dienone is 2. The van der Waals surface area contributed by atoms with Crippen LogP contribution in [0.25, 0.3) is 27.8 Å². The lowest BCUT2D eigenvalue weighted by Crippen LogP contribution is -2.06. The molecule has 3 aromatic rings. The zero-order valence-electron chi connectivity index (χ0n) is 22.3. The summed E-state index contributed by atoms with van der Waals surface area (Å²) in [5.74, 6) is -3.25. The molecule has 202 valence electrons. The molecule has 0 aliphatic heterocycles. The zero-order valence-corrected chi connectivity index (χ0v) is 22.3. The van der Waals surface area contributed by atoms with Crippen molar-refractivity contribution in [2.75, 3.05) is 6.61 Å². The largest absolute Gasteiger partial charge is 0.490 e. The van der Waals surface area contributed by atoms with Crippen molar-refractivity contribution in [3.63, 3.8) is 0 Å². The van der Waals surface area contributed by atoms with Crippen molar-refractivity contribution in [2.24, 2.45) is 5.92 Å². The summed E-state index contributed by atoms with van der Waals surface area (Å²) in [6.07, 6.45) is 10.9. The molecule has 0 radical (unpaired) electrons. The van der Waals surface area contributed by atoms with Crippen molar-refractivity contribution in [3.8, 4) is 28.0 Å². The van der Waals surface area contributed by atoms with Gasteiger partial charge in [0.1, 0.15) is 0 Å². The third kappa shape index (κ3) is 6.31. The minimum Gasteiger partial charge on any atom is -0.490 e. The SMILES string of the molecule is CCCCCCOc1ccc(-c2ccc(-c3ccc(C4=CCC(CCC)CC4)c(F)c3F)cc2)c(F)c1F. The molecule has 1 aliphatic carbocycles. The van der Waals surface area contributed by atoms with E-state index < -0.39 is 23.3 Å². The van der Waals surface area contributed by atoms with E-state index in [1.807, 2.05) is 6.08 Å². The Morgan fingerprint density at radius 3 is 1.89 bits per heavy atom. The number of hydrogen-bond donors (Lipinski definition) is 0. The third-order valence-electron chi connectivity index (χ3n) is 7.45. The number of halogens is 4. The van der Waals surface area contributed by atoms with Gasteiger partial charge in [0.2, 0.25) is 5.82 Å². The summed E-state index contributed by atoms with van der Waals surface area (Å²) in [7, 11) is 0. The molecule has 0 fully saturated rings. The molecular weight excluding hydrogens is 488 g/mol. The lowest BCUT2D eigenvalue weighted by Gasteiger charge is -2.22. The standard InChI is InChI=1S/C33H36F4O/c1-3-5-6-7-21-38-29-20-19-28(32(36)33(29)37)25-15-13-24(14-16-25)27-18-17-26(30(34)31(27)35)23-11-9-22(8-4-2)10-12-23/h11,13-20,22H,3-10,12,21H2,1-2H3. The Morgan fingerprint density at radius 2 is 1.29 bits per heavy atom. The van der Waals surface area contributed by atoms with E-state index in [4.69, 9.17) is 4.74 Å². The van der Waals surface area contributed by atoms with Crippen molar-refractivity contribution < 1.29 is 22.3 Å². The van der Waals surface area contributed by atoms with Crippen molar-refractivity contribution in [1.29, 1.82) is 0 Å². The van der Waals surface area contributed by atoms with Gasteiger partial charge < -0.3 is 4.74 Å². The number of ether oxygens (including phenoxy) is 1. The number of rotatable bonds is 11. The Morgan fingerprint density at radius 1 is 0.684 bits per heavy atom. The van der Waals surface area contributed by atoms with Gasteiger partial charge in [0.15, 0.2) is 23.2 Å². The predicted molar refractivity (Wildman–Crippen MR) is 147 cm³/mol. The third-order valence-corrected chi connectivity index (χ3v) is 7.45. The molecule has 4 rings (SSSR count). The van der Waals surface area contributed by atoms with Crippen LogP contribution >= 0.6 is 0 Å². The molecule has 3 aromatic carbocycles. The maximum Gasteiger partial charge on any atom is 0.201 e. The van der Waals surface area contributed by atoms with Crippen LogP contribution in [0.4, 0.5) is 17.6 Å². The highest BCUT2D eigenvalue weighted by Gasteiger charge is 2.21. The van der Waals surface area contributed by atoms with Crippen molar-refractivity contribution in [3.05, 3.63) is 83.4 Å². The first-order valence-electron chi connectivity index (χ1n) is 13.8. The van der Waals surface area contributed by atoms with Crippen molar-refractivity contribution in [1.82, 2.24) is 0 Å². The average molecular weight is 525 g/mol. The molecule has 0 saturated carbocycles. The summed E-state index contributed by atoms with van der Waals surface area (Å²) in [4.78, 5) is 0. The van der Waals surface area contributed by atoms with E-state index in [1.165, 1.54) is 12.1 Å². The molecule has 0 bridgehead atoms. The first kappa shape index (κ1) is 27.9. The van der Waals surface area contributed by atoms with Gasteiger partial charge >= 0.3 is 0 Å². The number of hydrogen-bond acceptors (Lipinski definition) is 1. The smallest absolute Gasteiger partial charge is 0.201 e. The minimum atomic E-state index is -1.02. The van der Waals surface area contributed by atoms with Crippen LogP contribution in [0.15, 0.2) is 54.6 Å². The summed E-state index contributed by atoms with van der Waals surface area (Å²) in [5.41, 5.74) is 2.30. The lowest BCUT2D eigenvalue weighted by atomic mass is 9.84. The molecule has 1 atom stereocenters. The van der Waals surface area contributed by atoms with E-state index in [1.54, 1.807) is 36.4 Å². The van der Waals surface area contributed by atoms with E-state index >= 15 is 8.78 Å². The molecule has 0 saturated heterocycles. The summed E-state index contributed by atoms with van der Waals surface area (Å²) < 4.78 is 65.1. The second-order valence-electron chi connectivity index (χ2n) is 10.2. The highest BCUT2D eigenvalue weighted by molar-refractivity contribution is 5.74. The van der Waals surface area contributed by atoms with Gasteiger partial charge in [-0.2, -0.15) is 4.39 Å². The Bertz CT molecular complexity index is 1260. The van der Waals surface area contributed by atoms with E-state index in [0.717, 1.165) is 63.4 Å². The number of unbranched alkanes of at least 4 members (excludes halogenated alkanes) is 3. The molecule has 38 heavy (non-hydrogen) atoms. The summed E-state index contributed by atoms with van der Waals surface area (Å²) in [6, 6.07) is 12.5. The highest BCUT2D eigenvalue weighted by atomic mass is 19.2. The molecule has 1 aliphatic rings. The van der Waals surface area contributed by atoms with Crippen LogP contribution in [-0.2, 0) is 0 Å². The fourth-order valence-electron chi connectivity index (χ4n) is 5.23. The first-order chi connectivity index (χ1) is 18.4. The molecular formula is C33H36F4O. The van der Waals surface area contributed by atoms with E-state index in [0.29, 0.717) is 29.2 Å².